The zero-order valence-corrected chi connectivity index (χ0v) is 12.1. The molecule has 0 radical (unpaired) electrons. The van der Waals surface area contributed by atoms with Gasteiger partial charge < -0.3 is 19.5 Å². The molecule has 0 aromatic rings. The van der Waals surface area contributed by atoms with Gasteiger partial charge >= 0.3 is 12.1 Å². The van der Waals surface area contributed by atoms with Crippen molar-refractivity contribution < 1.29 is 28.6 Å². The van der Waals surface area contributed by atoms with Gasteiger partial charge in [-0.1, -0.05) is 0 Å². The molecule has 0 aliphatic carbocycles. The summed E-state index contributed by atoms with van der Waals surface area (Å²) >= 11 is 0. The van der Waals surface area contributed by atoms with E-state index in [-0.39, 0.29) is 12.5 Å². The summed E-state index contributed by atoms with van der Waals surface area (Å²) in [7, 11) is 0. The van der Waals surface area contributed by atoms with Gasteiger partial charge in [-0.25, -0.2) is 14.0 Å². The Bertz CT molecular complexity index is 355. The zero-order valence-electron chi connectivity index (χ0n) is 12.1. The molecule has 1 aliphatic heterocycles. The topological polar surface area (TPSA) is 76.1 Å². The smallest absolute Gasteiger partial charge is 0.410 e. The number of amides is 1. The van der Waals surface area contributed by atoms with Crippen molar-refractivity contribution in [3.8, 4) is 0 Å². The van der Waals surface area contributed by atoms with Gasteiger partial charge in [0.05, 0.1) is 6.61 Å². The van der Waals surface area contributed by atoms with E-state index in [2.05, 4.69) is 4.74 Å². The lowest BCUT2D eigenvalue weighted by Gasteiger charge is -2.34. The molecule has 1 saturated heterocycles. The molecule has 1 aliphatic rings. The summed E-state index contributed by atoms with van der Waals surface area (Å²) in [6.07, 6.45) is -1.19. The van der Waals surface area contributed by atoms with E-state index < -0.39 is 24.0 Å². The number of carbonyl (C=O) groups excluding carboxylic acids is 1. The van der Waals surface area contributed by atoms with E-state index in [0.29, 0.717) is 13.1 Å². The van der Waals surface area contributed by atoms with E-state index in [1.165, 1.54) is 0 Å². The first-order valence-corrected chi connectivity index (χ1v) is 6.65. The number of rotatable bonds is 4. The standard InChI is InChI=1S/C13H22FNO5/c1-13(2,3)20-12(18)15-6-4-5-9(7-15)8-19-10(14)11(16)17/h9-10H,4-8H2,1-3H3,(H,16,17). The van der Waals surface area contributed by atoms with E-state index in [0.717, 1.165) is 12.8 Å². The molecular weight excluding hydrogens is 269 g/mol. The van der Waals surface area contributed by atoms with Crippen LogP contribution in [-0.4, -0.2) is 53.7 Å². The summed E-state index contributed by atoms with van der Waals surface area (Å²) < 4.78 is 22.7. The second-order valence-electron chi connectivity index (χ2n) is 5.92. The first-order chi connectivity index (χ1) is 9.19. The molecule has 20 heavy (non-hydrogen) atoms. The third kappa shape index (κ3) is 5.73. The van der Waals surface area contributed by atoms with Crippen molar-refractivity contribution in [1.82, 2.24) is 4.90 Å². The lowest BCUT2D eigenvalue weighted by Crippen LogP contribution is -2.44. The molecule has 1 N–H and O–H groups in total. The molecule has 116 valence electrons. The number of carboxylic acid groups (broad SMARTS) is 1. The second kappa shape index (κ2) is 6.88. The van der Waals surface area contributed by atoms with Crippen LogP contribution in [0.1, 0.15) is 33.6 Å². The highest BCUT2D eigenvalue weighted by atomic mass is 19.1. The largest absolute Gasteiger partial charge is 0.477 e. The highest BCUT2D eigenvalue weighted by Crippen LogP contribution is 2.20. The van der Waals surface area contributed by atoms with Crippen molar-refractivity contribution >= 4 is 12.1 Å². The molecule has 0 aromatic carbocycles. The normalized spacial score (nSPS) is 21.4. The van der Waals surface area contributed by atoms with Crippen LogP contribution in [0.25, 0.3) is 0 Å². The Morgan fingerprint density at radius 2 is 2.10 bits per heavy atom. The van der Waals surface area contributed by atoms with Crippen LogP contribution in [0.3, 0.4) is 0 Å². The summed E-state index contributed by atoms with van der Waals surface area (Å²) in [5.41, 5.74) is -0.562. The van der Waals surface area contributed by atoms with Crippen LogP contribution in [0.2, 0.25) is 0 Å². The highest BCUT2D eigenvalue weighted by Gasteiger charge is 2.28. The Balaban J connectivity index is 2.42. The number of halogens is 1. The molecule has 2 atom stereocenters. The highest BCUT2D eigenvalue weighted by molar-refractivity contribution is 5.70. The van der Waals surface area contributed by atoms with Crippen molar-refractivity contribution in [2.24, 2.45) is 5.92 Å². The molecule has 1 amide bonds. The SMILES string of the molecule is CC(C)(C)OC(=O)N1CCCC(COC(F)C(=O)O)C1. The minimum absolute atomic E-state index is 0.0211. The average Bonchev–Trinajstić information content (AvgIpc) is 2.34. The maximum atomic E-state index is 12.8. The van der Waals surface area contributed by atoms with Crippen molar-refractivity contribution in [3.05, 3.63) is 0 Å². The molecular formula is C13H22FNO5. The Hall–Kier alpha value is -1.37. The van der Waals surface area contributed by atoms with Gasteiger partial charge in [0.15, 0.2) is 0 Å². The minimum atomic E-state index is -2.31. The molecule has 2 unspecified atom stereocenters. The molecule has 0 spiro atoms. The van der Waals surface area contributed by atoms with E-state index in [1.807, 2.05) is 0 Å². The lowest BCUT2D eigenvalue weighted by atomic mass is 9.99. The molecule has 0 bridgehead atoms. The van der Waals surface area contributed by atoms with Crippen LogP contribution < -0.4 is 0 Å². The number of carbonyl (C=O) groups is 2. The van der Waals surface area contributed by atoms with Crippen LogP contribution in [-0.2, 0) is 14.3 Å². The van der Waals surface area contributed by atoms with E-state index in [4.69, 9.17) is 9.84 Å². The molecule has 0 aromatic heterocycles. The van der Waals surface area contributed by atoms with Gasteiger partial charge in [-0.2, -0.15) is 0 Å². The maximum absolute atomic E-state index is 12.8. The van der Waals surface area contributed by atoms with Crippen molar-refractivity contribution in [2.75, 3.05) is 19.7 Å². The molecule has 0 saturated carbocycles. The molecule has 7 heteroatoms. The summed E-state index contributed by atoms with van der Waals surface area (Å²) in [6.45, 7) is 6.32. The van der Waals surface area contributed by atoms with Gasteiger partial charge in [0.25, 0.3) is 6.36 Å². The predicted molar refractivity (Wildman–Crippen MR) is 69.0 cm³/mol. The molecule has 6 nitrogen and oxygen atoms in total. The van der Waals surface area contributed by atoms with Gasteiger partial charge in [0.1, 0.15) is 5.60 Å². The fraction of sp³-hybridized carbons (Fsp3) is 0.846. The third-order valence-corrected chi connectivity index (χ3v) is 2.84. The quantitative estimate of drug-likeness (QED) is 0.857. The van der Waals surface area contributed by atoms with Gasteiger partial charge in [0, 0.05) is 19.0 Å². The van der Waals surface area contributed by atoms with Crippen LogP contribution >= 0.6 is 0 Å². The monoisotopic (exact) mass is 291 g/mol. The summed E-state index contributed by atoms with van der Waals surface area (Å²) in [4.78, 5) is 23.8. The number of carboxylic acids is 1. The van der Waals surface area contributed by atoms with E-state index in [1.54, 1.807) is 25.7 Å². The van der Waals surface area contributed by atoms with Crippen LogP contribution in [0, 0.1) is 5.92 Å². The summed E-state index contributed by atoms with van der Waals surface area (Å²) in [5.74, 6) is -1.71. The Labute approximate surface area is 117 Å². The third-order valence-electron chi connectivity index (χ3n) is 2.84. The Morgan fingerprint density at radius 1 is 1.45 bits per heavy atom. The molecule has 1 heterocycles. The first-order valence-electron chi connectivity index (χ1n) is 6.65. The van der Waals surface area contributed by atoms with Gasteiger partial charge in [-0.3, -0.25) is 0 Å². The number of alkyl halides is 1. The van der Waals surface area contributed by atoms with Crippen molar-refractivity contribution in [1.29, 1.82) is 0 Å². The van der Waals surface area contributed by atoms with Crippen LogP contribution in [0.4, 0.5) is 9.18 Å². The Kier molecular flexibility index (Phi) is 5.74. The number of hydrogen-bond acceptors (Lipinski definition) is 4. The predicted octanol–water partition coefficient (Wildman–Crippen LogP) is 2.03. The van der Waals surface area contributed by atoms with Gasteiger partial charge in [0.2, 0.25) is 0 Å². The molecule has 1 fully saturated rings. The second-order valence-corrected chi connectivity index (χ2v) is 5.92. The minimum Gasteiger partial charge on any atom is -0.477 e. The Morgan fingerprint density at radius 3 is 2.65 bits per heavy atom. The zero-order chi connectivity index (χ0) is 15.3. The number of piperidine rings is 1. The van der Waals surface area contributed by atoms with E-state index in [9.17, 15) is 14.0 Å². The first kappa shape index (κ1) is 16.7. The summed E-state index contributed by atoms with van der Waals surface area (Å²) in [5, 5.41) is 8.39. The number of likely N-dealkylation sites (tertiary alicyclic amines) is 1. The molecule has 1 rings (SSSR count). The number of aliphatic carboxylic acids is 1. The number of hydrogen-bond donors (Lipinski definition) is 1. The fourth-order valence-corrected chi connectivity index (χ4v) is 1.99. The number of ether oxygens (including phenoxy) is 2. The average molecular weight is 291 g/mol. The van der Waals surface area contributed by atoms with E-state index >= 15 is 0 Å². The maximum Gasteiger partial charge on any atom is 0.410 e. The van der Waals surface area contributed by atoms with Crippen LogP contribution in [0.5, 0.6) is 0 Å². The number of nitrogens with zero attached hydrogens (tertiary/aromatic N) is 1. The van der Waals surface area contributed by atoms with Crippen LogP contribution in [0.15, 0.2) is 0 Å². The van der Waals surface area contributed by atoms with Gasteiger partial charge in [-0.05, 0) is 33.6 Å². The van der Waals surface area contributed by atoms with Crippen molar-refractivity contribution in [2.45, 2.75) is 45.6 Å². The van der Waals surface area contributed by atoms with Crippen molar-refractivity contribution in [3.63, 3.8) is 0 Å². The lowest BCUT2D eigenvalue weighted by molar-refractivity contribution is -0.165. The van der Waals surface area contributed by atoms with Gasteiger partial charge in [-0.15, -0.1) is 0 Å². The summed E-state index contributed by atoms with van der Waals surface area (Å²) in [6, 6.07) is 0. The fourth-order valence-electron chi connectivity index (χ4n) is 1.99.